The van der Waals surface area contributed by atoms with Crippen molar-refractivity contribution in [3.8, 4) is 89.0 Å². The lowest BCUT2D eigenvalue weighted by Crippen LogP contribution is -2.15. The molecule has 0 radical (unpaired) electrons. The lowest BCUT2D eigenvalue weighted by molar-refractivity contribution is 0.629. The van der Waals surface area contributed by atoms with Gasteiger partial charge in [0, 0.05) is 33.3 Å². The third-order valence-corrected chi connectivity index (χ3v) is 17.3. The van der Waals surface area contributed by atoms with Gasteiger partial charge in [-0.2, -0.15) is 0 Å². The largest absolute Gasteiger partial charge is 0.307 e. The normalized spacial score (nSPS) is 12.9. The standard InChI is InChI=1S/C88H58F2N2/c89-81-57-65(73-43-21-19-39-69(73)59-27-7-1-8-28-59)55-79(75-45-25-23-41-71(75)61-31-11-3-12-32-61)87(81)91(67-35-15-5-16-36-67)83-53-49-63-48-52-78-84(54-50-64-47-51-77(83)85(63)86(64)78)92(68-37-17-6-18-38-68)88-80(76-46-26-24-42-72(76)62-33-13-4-14-34-62)56-66(58-82(88)90)74-44-22-20-40-70(74)60-29-9-2-10-30-60/h1-58H/i5D,6D,15D,16D,17D,18D,35D,36D,37D,38D. The lowest BCUT2D eigenvalue weighted by Gasteiger charge is -2.32. The van der Waals surface area contributed by atoms with E-state index in [-0.39, 0.29) is 34.1 Å². The summed E-state index contributed by atoms with van der Waals surface area (Å²) >= 11 is 0. The van der Waals surface area contributed by atoms with Crippen LogP contribution < -0.4 is 9.80 Å². The van der Waals surface area contributed by atoms with Crippen molar-refractivity contribution in [1.29, 1.82) is 0 Å². The zero-order chi connectivity index (χ0) is 70.2. The van der Waals surface area contributed by atoms with Crippen molar-refractivity contribution < 1.29 is 22.5 Å². The third-order valence-electron chi connectivity index (χ3n) is 17.3. The number of hydrogen-bond donors (Lipinski definition) is 0. The maximum absolute atomic E-state index is 19.3. The summed E-state index contributed by atoms with van der Waals surface area (Å²) in [7, 11) is 0. The van der Waals surface area contributed by atoms with Gasteiger partial charge in [0.1, 0.15) is 11.6 Å². The predicted octanol–water partition coefficient (Wildman–Crippen LogP) is 25.1. The van der Waals surface area contributed by atoms with Crippen LogP contribution in [0.15, 0.2) is 352 Å². The van der Waals surface area contributed by atoms with E-state index < -0.39 is 72.1 Å². The van der Waals surface area contributed by atoms with Gasteiger partial charge in [0.2, 0.25) is 0 Å². The van der Waals surface area contributed by atoms with E-state index in [0.717, 1.165) is 55.6 Å². The summed E-state index contributed by atoms with van der Waals surface area (Å²) in [5, 5.41) is 3.40. The summed E-state index contributed by atoms with van der Waals surface area (Å²) in [6.45, 7) is 0. The zero-order valence-corrected chi connectivity index (χ0v) is 49.4. The van der Waals surface area contributed by atoms with Crippen molar-refractivity contribution in [3.63, 3.8) is 0 Å². The maximum Gasteiger partial charge on any atom is 0.148 e. The molecule has 16 aromatic rings. The Morgan fingerprint density at radius 1 is 0.239 bits per heavy atom. The summed E-state index contributed by atoms with van der Waals surface area (Å²) < 4.78 is 133. The van der Waals surface area contributed by atoms with Crippen LogP contribution >= 0.6 is 0 Å². The molecule has 0 saturated heterocycles. The van der Waals surface area contributed by atoms with E-state index >= 15 is 8.78 Å². The molecular formula is C88H58F2N2. The SMILES string of the molecule is [2H]c1c([2H])c([2H])c(N(c2c(F)cc(-c3ccccc3-c3ccccc3)cc2-c2ccccc2-c2ccccc2)c2ccc3ccc4c(N(c5c(F)cc(-c6ccccc6-c6ccccc6)cc5-c5ccccc5-c5ccccc5)c5c([2H])c([2H])c([2H])c([2H])c5[2H])ccc5ccc2c3c54)c([2H])c1[2H]. The number of para-hydroxylation sites is 2. The first kappa shape index (κ1) is 45.3. The van der Waals surface area contributed by atoms with Gasteiger partial charge in [-0.15, -0.1) is 0 Å². The Kier molecular flexibility index (Phi) is 11.7. The second kappa shape index (κ2) is 23.8. The number of rotatable bonds is 14. The highest BCUT2D eigenvalue weighted by molar-refractivity contribution is 6.28. The highest BCUT2D eigenvalue weighted by Crippen LogP contribution is 2.54. The van der Waals surface area contributed by atoms with Crippen LogP contribution in [0.5, 0.6) is 0 Å². The van der Waals surface area contributed by atoms with E-state index in [1.807, 2.05) is 267 Å². The molecule has 0 bridgehead atoms. The minimum atomic E-state index is -0.775. The zero-order valence-electron chi connectivity index (χ0n) is 59.4. The molecule has 0 aliphatic carbocycles. The molecule has 434 valence electrons. The summed E-state index contributed by atoms with van der Waals surface area (Å²) in [6, 6.07) is 84.8. The topological polar surface area (TPSA) is 6.48 Å². The van der Waals surface area contributed by atoms with E-state index in [2.05, 4.69) is 0 Å². The molecule has 0 aromatic heterocycles. The molecule has 92 heavy (non-hydrogen) atoms. The first-order valence-electron chi connectivity index (χ1n) is 35.4. The molecule has 0 unspecified atom stereocenters. The smallest absolute Gasteiger partial charge is 0.148 e. The second-order valence-corrected chi connectivity index (χ2v) is 22.6. The Labute approximate surface area is 548 Å². The number of hydrogen-bond acceptors (Lipinski definition) is 2. The lowest BCUT2D eigenvalue weighted by atomic mass is 9.88. The maximum atomic E-state index is 19.3. The molecule has 0 spiro atoms. The van der Waals surface area contributed by atoms with Gasteiger partial charge in [0.15, 0.2) is 0 Å². The Hall–Kier alpha value is -12.0. The van der Waals surface area contributed by atoms with E-state index in [9.17, 15) is 11.0 Å². The number of anilines is 6. The first-order chi connectivity index (χ1) is 49.7. The minimum Gasteiger partial charge on any atom is -0.307 e. The molecule has 0 saturated carbocycles. The van der Waals surface area contributed by atoms with Gasteiger partial charge in [-0.25, -0.2) is 8.78 Å². The van der Waals surface area contributed by atoms with Gasteiger partial charge in [-0.1, -0.05) is 291 Å². The molecular weight excluding hydrogens is 1120 g/mol. The molecule has 16 aromatic carbocycles. The van der Waals surface area contributed by atoms with Crippen LogP contribution in [0.3, 0.4) is 0 Å². The summed E-state index contributed by atoms with van der Waals surface area (Å²) in [5.74, 6) is -1.55. The average Bonchev–Trinajstić information content (AvgIpc) is 0.712. The summed E-state index contributed by atoms with van der Waals surface area (Å²) in [4.78, 5) is 2.91. The fourth-order valence-corrected chi connectivity index (χ4v) is 13.3. The van der Waals surface area contributed by atoms with Crippen LogP contribution in [-0.2, 0) is 0 Å². The van der Waals surface area contributed by atoms with Crippen LogP contribution in [-0.4, -0.2) is 0 Å². The predicted molar refractivity (Wildman–Crippen MR) is 383 cm³/mol. The molecule has 16 rings (SSSR count). The molecule has 2 nitrogen and oxygen atoms in total. The summed E-state index contributed by atoms with van der Waals surface area (Å²) in [5.41, 5.74) is 10.4. The quantitative estimate of drug-likeness (QED) is 0.100. The third kappa shape index (κ3) is 9.92. The van der Waals surface area contributed by atoms with Gasteiger partial charge < -0.3 is 9.80 Å². The van der Waals surface area contributed by atoms with Gasteiger partial charge in [-0.3, -0.25) is 0 Å². The molecule has 0 amide bonds. The Morgan fingerprint density at radius 3 is 0.837 bits per heavy atom. The van der Waals surface area contributed by atoms with Crippen LogP contribution in [0.2, 0.25) is 0 Å². The number of halogens is 2. The minimum absolute atomic E-state index is 0.116. The van der Waals surface area contributed by atoms with Gasteiger partial charge in [0.25, 0.3) is 0 Å². The molecule has 0 N–H and O–H groups in total. The number of benzene rings is 16. The Bertz CT molecular complexity index is 5570. The highest BCUT2D eigenvalue weighted by Gasteiger charge is 2.30. The average molecular weight is 1190 g/mol. The van der Waals surface area contributed by atoms with Crippen molar-refractivity contribution in [2.75, 3.05) is 9.80 Å². The van der Waals surface area contributed by atoms with E-state index in [4.69, 9.17) is 2.74 Å². The van der Waals surface area contributed by atoms with E-state index in [0.29, 0.717) is 65.7 Å². The van der Waals surface area contributed by atoms with Crippen LogP contribution in [0.25, 0.3) is 121 Å². The van der Waals surface area contributed by atoms with E-state index in [1.165, 1.54) is 21.9 Å². The fraction of sp³-hybridized carbons (Fsp3) is 0. The van der Waals surface area contributed by atoms with Crippen LogP contribution in [0.1, 0.15) is 13.7 Å². The second-order valence-electron chi connectivity index (χ2n) is 22.6. The van der Waals surface area contributed by atoms with E-state index in [1.54, 1.807) is 12.1 Å². The fourth-order valence-electron chi connectivity index (χ4n) is 13.3. The van der Waals surface area contributed by atoms with Crippen molar-refractivity contribution >= 4 is 66.4 Å². The monoisotopic (exact) mass is 1190 g/mol. The van der Waals surface area contributed by atoms with Gasteiger partial charge in [-0.05, 0) is 160 Å². The number of nitrogens with zero attached hydrogens (tertiary/aromatic N) is 2. The molecule has 0 aliphatic rings. The molecule has 0 fully saturated rings. The Balaban J connectivity index is 1.01. The van der Waals surface area contributed by atoms with Gasteiger partial charge >= 0.3 is 0 Å². The molecule has 0 heterocycles. The molecule has 0 aliphatic heterocycles. The molecule has 4 heteroatoms. The van der Waals surface area contributed by atoms with Gasteiger partial charge in [0.05, 0.1) is 36.5 Å². The molecule has 0 atom stereocenters. The van der Waals surface area contributed by atoms with Crippen molar-refractivity contribution in [2.45, 2.75) is 0 Å². The Morgan fingerprint density at radius 2 is 0.511 bits per heavy atom. The van der Waals surface area contributed by atoms with Crippen LogP contribution in [0, 0.1) is 11.6 Å². The van der Waals surface area contributed by atoms with Crippen molar-refractivity contribution in [1.82, 2.24) is 0 Å². The summed E-state index contributed by atoms with van der Waals surface area (Å²) in [6.07, 6.45) is 0. The highest BCUT2D eigenvalue weighted by atomic mass is 19.1. The van der Waals surface area contributed by atoms with Crippen LogP contribution in [0.4, 0.5) is 42.9 Å². The van der Waals surface area contributed by atoms with Crippen molar-refractivity contribution in [2.24, 2.45) is 0 Å². The first-order valence-corrected chi connectivity index (χ1v) is 30.4. The van der Waals surface area contributed by atoms with Crippen molar-refractivity contribution in [3.05, 3.63) is 363 Å².